The first-order valence-electron chi connectivity index (χ1n) is 8.08. The zero-order valence-corrected chi connectivity index (χ0v) is 15.1. The average Bonchev–Trinajstić information content (AvgIpc) is 3.39. The minimum atomic E-state index is -0.212. The van der Waals surface area contributed by atoms with E-state index in [4.69, 9.17) is 9.47 Å². The Hall–Kier alpha value is -2.40. The van der Waals surface area contributed by atoms with E-state index < -0.39 is 0 Å². The van der Waals surface area contributed by atoms with Gasteiger partial charge in [0, 0.05) is 10.0 Å². The van der Waals surface area contributed by atoms with Crippen LogP contribution in [0.4, 0.5) is 0 Å². The Labute approximate surface area is 153 Å². The van der Waals surface area contributed by atoms with Crippen LogP contribution in [-0.4, -0.2) is 11.8 Å². The molecule has 0 saturated heterocycles. The van der Waals surface area contributed by atoms with E-state index in [0.717, 1.165) is 22.9 Å². The van der Waals surface area contributed by atoms with Crippen molar-refractivity contribution in [3.05, 3.63) is 63.3 Å². The maximum absolute atomic E-state index is 12.6. The van der Waals surface area contributed by atoms with Crippen molar-refractivity contribution >= 4 is 33.8 Å². The number of carbonyl (C=O) groups excluding carboxylic acids is 2. The fourth-order valence-electron chi connectivity index (χ4n) is 2.72. The zero-order valence-electron chi connectivity index (χ0n) is 13.5. The fourth-order valence-corrected chi connectivity index (χ4v) is 3.12. The molecule has 0 aromatic heterocycles. The number of allylic oxidation sites excluding steroid dienone is 1. The van der Waals surface area contributed by atoms with Gasteiger partial charge in [-0.1, -0.05) is 34.1 Å². The highest BCUT2D eigenvalue weighted by Gasteiger charge is 2.34. The number of fused-ring (bicyclic) bond motifs is 1. The maximum atomic E-state index is 12.6. The first-order chi connectivity index (χ1) is 12.0. The Morgan fingerprint density at radius 3 is 2.72 bits per heavy atom. The number of hydrogen-bond donors (Lipinski definition) is 0. The van der Waals surface area contributed by atoms with E-state index >= 15 is 0 Å². The number of ether oxygens (including phenoxy) is 2. The average molecular weight is 399 g/mol. The summed E-state index contributed by atoms with van der Waals surface area (Å²) in [6.45, 7) is 1.79. The number of benzene rings is 2. The van der Waals surface area contributed by atoms with E-state index in [-0.39, 0.29) is 23.4 Å². The standard InChI is InChI=1S/C20H15BrO4/c1-11-16(25-20(23)12-6-7-12)9-8-14-18(22)17(24-19(11)14)10-13-4-2-3-5-15(13)21/h2-5,8-10,12H,6-7H2,1H3/b17-10-. The van der Waals surface area contributed by atoms with Gasteiger partial charge in [-0.3, -0.25) is 9.59 Å². The molecule has 1 aliphatic heterocycles. The van der Waals surface area contributed by atoms with Gasteiger partial charge >= 0.3 is 5.97 Å². The van der Waals surface area contributed by atoms with Crippen LogP contribution in [0.25, 0.3) is 6.08 Å². The molecule has 0 amide bonds. The highest BCUT2D eigenvalue weighted by Crippen LogP contribution is 2.40. The topological polar surface area (TPSA) is 52.6 Å². The van der Waals surface area contributed by atoms with Gasteiger partial charge in [-0.05, 0) is 49.6 Å². The van der Waals surface area contributed by atoms with Crippen LogP contribution < -0.4 is 9.47 Å². The molecular formula is C20H15BrO4. The summed E-state index contributed by atoms with van der Waals surface area (Å²) >= 11 is 3.46. The highest BCUT2D eigenvalue weighted by atomic mass is 79.9. The second kappa shape index (κ2) is 6.15. The van der Waals surface area contributed by atoms with Crippen LogP contribution in [0.5, 0.6) is 11.5 Å². The predicted octanol–water partition coefficient (Wildman–Crippen LogP) is 4.69. The third-order valence-corrected chi connectivity index (χ3v) is 5.07. The third kappa shape index (κ3) is 3.00. The normalized spacial score (nSPS) is 17.4. The van der Waals surface area contributed by atoms with Gasteiger partial charge in [-0.15, -0.1) is 0 Å². The van der Waals surface area contributed by atoms with E-state index in [1.54, 1.807) is 25.1 Å². The first-order valence-corrected chi connectivity index (χ1v) is 8.88. The van der Waals surface area contributed by atoms with Crippen LogP contribution in [-0.2, 0) is 4.79 Å². The third-order valence-electron chi connectivity index (χ3n) is 4.35. The number of rotatable bonds is 3. The summed E-state index contributed by atoms with van der Waals surface area (Å²) in [5.74, 6) is 0.803. The van der Waals surface area contributed by atoms with Crippen molar-refractivity contribution in [1.82, 2.24) is 0 Å². The molecule has 2 aliphatic rings. The molecule has 2 aromatic rings. The van der Waals surface area contributed by atoms with Crippen molar-refractivity contribution in [2.24, 2.45) is 5.92 Å². The van der Waals surface area contributed by atoms with Gasteiger partial charge < -0.3 is 9.47 Å². The first kappa shape index (κ1) is 16.1. The van der Waals surface area contributed by atoms with Crippen LogP contribution in [0.2, 0.25) is 0 Å². The number of ketones is 1. The van der Waals surface area contributed by atoms with Crippen molar-refractivity contribution in [2.45, 2.75) is 19.8 Å². The zero-order chi connectivity index (χ0) is 17.6. The Morgan fingerprint density at radius 1 is 1.24 bits per heavy atom. The number of halogens is 1. The van der Waals surface area contributed by atoms with Crippen LogP contribution in [0.1, 0.15) is 34.3 Å². The summed E-state index contributed by atoms with van der Waals surface area (Å²) in [7, 11) is 0. The van der Waals surface area contributed by atoms with E-state index in [9.17, 15) is 9.59 Å². The van der Waals surface area contributed by atoms with Gasteiger partial charge in [-0.2, -0.15) is 0 Å². The smallest absolute Gasteiger partial charge is 0.314 e. The van der Waals surface area contributed by atoms with Crippen molar-refractivity contribution in [3.8, 4) is 11.5 Å². The van der Waals surface area contributed by atoms with Crippen LogP contribution in [0.15, 0.2) is 46.6 Å². The summed E-state index contributed by atoms with van der Waals surface area (Å²) in [5.41, 5.74) is 2.01. The molecule has 0 unspecified atom stereocenters. The second-order valence-electron chi connectivity index (χ2n) is 6.22. The number of hydrogen-bond acceptors (Lipinski definition) is 4. The van der Waals surface area contributed by atoms with Gasteiger partial charge in [0.1, 0.15) is 11.5 Å². The molecule has 0 N–H and O–H groups in total. The Kier molecular flexibility index (Phi) is 3.96. The molecule has 0 radical (unpaired) electrons. The molecule has 2 aromatic carbocycles. The summed E-state index contributed by atoms with van der Waals surface area (Å²) in [6.07, 6.45) is 3.48. The molecule has 1 saturated carbocycles. The molecule has 0 spiro atoms. The quantitative estimate of drug-likeness (QED) is 0.427. The summed E-state index contributed by atoms with van der Waals surface area (Å²) < 4.78 is 12.1. The van der Waals surface area contributed by atoms with Crippen LogP contribution >= 0.6 is 15.9 Å². The van der Waals surface area contributed by atoms with Crippen molar-refractivity contribution in [1.29, 1.82) is 0 Å². The SMILES string of the molecule is Cc1c(OC(=O)C2CC2)ccc2c1O/C(=C\c1ccccc1Br)C2=O. The Morgan fingerprint density at radius 2 is 2.00 bits per heavy atom. The predicted molar refractivity (Wildman–Crippen MR) is 96.6 cm³/mol. The molecule has 126 valence electrons. The largest absolute Gasteiger partial charge is 0.452 e. The molecule has 0 atom stereocenters. The fraction of sp³-hybridized carbons (Fsp3) is 0.200. The van der Waals surface area contributed by atoms with Crippen LogP contribution in [0.3, 0.4) is 0 Å². The minimum Gasteiger partial charge on any atom is -0.452 e. The summed E-state index contributed by atoms with van der Waals surface area (Å²) in [6, 6.07) is 10.9. The lowest BCUT2D eigenvalue weighted by Crippen LogP contribution is -2.10. The molecule has 4 nitrogen and oxygen atoms in total. The highest BCUT2D eigenvalue weighted by molar-refractivity contribution is 9.10. The lowest BCUT2D eigenvalue weighted by Gasteiger charge is -2.09. The molecule has 25 heavy (non-hydrogen) atoms. The summed E-state index contributed by atoms with van der Waals surface area (Å²) in [4.78, 5) is 24.5. The van der Waals surface area contributed by atoms with Crippen molar-refractivity contribution in [2.75, 3.05) is 0 Å². The van der Waals surface area contributed by atoms with Gasteiger partial charge in [0.2, 0.25) is 5.78 Å². The lowest BCUT2D eigenvalue weighted by molar-refractivity contribution is -0.135. The van der Waals surface area contributed by atoms with Gasteiger partial charge in [0.05, 0.1) is 11.5 Å². The molecule has 4 rings (SSSR count). The Balaban J connectivity index is 1.66. The van der Waals surface area contributed by atoms with E-state index in [0.29, 0.717) is 22.6 Å². The second-order valence-corrected chi connectivity index (χ2v) is 7.08. The van der Waals surface area contributed by atoms with E-state index in [1.165, 1.54) is 0 Å². The molecule has 1 aliphatic carbocycles. The number of Topliss-reactive ketones (excluding diaryl/α,β-unsaturated/α-hetero) is 1. The monoisotopic (exact) mass is 398 g/mol. The Bertz CT molecular complexity index is 925. The van der Waals surface area contributed by atoms with Crippen LogP contribution in [0, 0.1) is 12.8 Å². The molecule has 1 heterocycles. The molecule has 0 bridgehead atoms. The summed E-state index contributed by atoms with van der Waals surface area (Å²) in [5, 5.41) is 0. The molecule has 1 fully saturated rings. The van der Waals surface area contributed by atoms with Gasteiger partial charge in [0.15, 0.2) is 5.76 Å². The minimum absolute atomic E-state index is 0.0149. The van der Waals surface area contributed by atoms with E-state index in [2.05, 4.69) is 15.9 Å². The van der Waals surface area contributed by atoms with Crippen molar-refractivity contribution < 1.29 is 19.1 Å². The maximum Gasteiger partial charge on any atom is 0.314 e. The molecular weight excluding hydrogens is 384 g/mol. The molecule has 5 heteroatoms. The van der Waals surface area contributed by atoms with Gasteiger partial charge in [-0.25, -0.2) is 0 Å². The van der Waals surface area contributed by atoms with E-state index in [1.807, 2.05) is 24.3 Å². The van der Waals surface area contributed by atoms with Crippen molar-refractivity contribution in [3.63, 3.8) is 0 Å². The number of carbonyl (C=O) groups is 2. The number of esters is 1. The van der Waals surface area contributed by atoms with Gasteiger partial charge in [0.25, 0.3) is 0 Å². The lowest BCUT2D eigenvalue weighted by atomic mass is 10.1.